The molecule has 2 rings (SSSR count). The molecule has 1 saturated heterocycles. The summed E-state index contributed by atoms with van der Waals surface area (Å²) in [6.07, 6.45) is 2.44. The van der Waals surface area contributed by atoms with Gasteiger partial charge >= 0.3 is 5.97 Å². The largest absolute Gasteiger partial charge is 0.481 e. The summed E-state index contributed by atoms with van der Waals surface area (Å²) in [5, 5.41) is 9.10. The van der Waals surface area contributed by atoms with Gasteiger partial charge in [0.1, 0.15) is 0 Å². The molecule has 1 aliphatic rings. The van der Waals surface area contributed by atoms with Gasteiger partial charge in [0.2, 0.25) is 5.91 Å². The van der Waals surface area contributed by atoms with Crippen LogP contribution in [0.5, 0.6) is 0 Å². The number of aliphatic carboxylic acids is 1. The first kappa shape index (κ1) is 17.6. The van der Waals surface area contributed by atoms with Crippen LogP contribution >= 0.6 is 34.5 Å². The van der Waals surface area contributed by atoms with Crippen LogP contribution in [-0.4, -0.2) is 35.0 Å². The highest BCUT2D eigenvalue weighted by Gasteiger charge is 2.32. The molecule has 7 heteroatoms. The summed E-state index contributed by atoms with van der Waals surface area (Å²) < 4.78 is 1.35. The lowest BCUT2D eigenvalue weighted by Crippen LogP contribution is -2.44. The van der Waals surface area contributed by atoms with E-state index in [4.69, 9.17) is 28.3 Å². The van der Waals surface area contributed by atoms with Gasteiger partial charge in [-0.15, -0.1) is 11.3 Å². The van der Waals surface area contributed by atoms with E-state index in [9.17, 15) is 9.59 Å². The minimum absolute atomic E-state index is 0.000301. The molecule has 0 aromatic carbocycles. The molecule has 1 aromatic rings. The number of aryl methyl sites for hydroxylation is 1. The average Bonchev–Trinajstić information content (AvgIpc) is 2.76. The van der Waals surface area contributed by atoms with Crippen molar-refractivity contribution in [2.75, 3.05) is 13.1 Å². The van der Waals surface area contributed by atoms with Crippen molar-refractivity contribution in [1.29, 1.82) is 0 Å². The zero-order chi connectivity index (χ0) is 16.3. The van der Waals surface area contributed by atoms with Gasteiger partial charge in [0, 0.05) is 19.5 Å². The second-order valence-corrected chi connectivity index (χ2v) is 8.04. The van der Waals surface area contributed by atoms with Crippen LogP contribution in [0.1, 0.15) is 31.7 Å². The van der Waals surface area contributed by atoms with Crippen LogP contribution in [-0.2, 0) is 16.0 Å². The lowest BCUT2D eigenvalue weighted by atomic mass is 9.87. The normalized spacial score (nSPS) is 21.9. The molecule has 4 nitrogen and oxygen atoms in total. The summed E-state index contributed by atoms with van der Waals surface area (Å²) >= 11 is 13.3. The summed E-state index contributed by atoms with van der Waals surface area (Å²) in [6.45, 7) is 2.96. The van der Waals surface area contributed by atoms with E-state index < -0.39 is 5.97 Å². The topological polar surface area (TPSA) is 57.6 Å². The minimum Gasteiger partial charge on any atom is -0.481 e. The van der Waals surface area contributed by atoms with E-state index in [1.165, 1.54) is 11.3 Å². The molecule has 0 saturated carbocycles. The molecule has 1 aliphatic heterocycles. The lowest BCUT2D eigenvalue weighted by molar-refractivity contribution is -0.148. The Morgan fingerprint density at radius 2 is 2.18 bits per heavy atom. The highest BCUT2D eigenvalue weighted by atomic mass is 35.5. The maximum Gasteiger partial charge on any atom is 0.306 e. The monoisotopic (exact) mass is 363 g/mol. The molecular formula is C15H19Cl2NO3S. The van der Waals surface area contributed by atoms with Gasteiger partial charge in [-0.1, -0.05) is 30.1 Å². The van der Waals surface area contributed by atoms with E-state index in [0.717, 1.165) is 18.4 Å². The second-order valence-electron chi connectivity index (χ2n) is 5.75. The van der Waals surface area contributed by atoms with Gasteiger partial charge in [0.15, 0.2) is 0 Å². The number of halogens is 2. The van der Waals surface area contributed by atoms with E-state index in [1.807, 2.05) is 13.0 Å². The fourth-order valence-electron chi connectivity index (χ4n) is 2.87. The molecule has 1 amide bonds. The molecule has 122 valence electrons. The Morgan fingerprint density at radius 1 is 1.45 bits per heavy atom. The fourth-order valence-corrected chi connectivity index (χ4v) is 4.42. The molecular weight excluding hydrogens is 345 g/mol. The van der Waals surface area contributed by atoms with Gasteiger partial charge in [-0.05, 0) is 36.8 Å². The zero-order valence-electron chi connectivity index (χ0n) is 12.3. The average molecular weight is 364 g/mol. The van der Waals surface area contributed by atoms with Crippen molar-refractivity contribution in [3.8, 4) is 0 Å². The summed E-state index contributed by atoms with van der Waals surface area (Å²) in [6, 6.07) is 1.85. The van der Waals surface area contributed by atoms with Crippen LogP contribution in [0.15, 0.2) is 6.07 Å². The van der Waals surface area contributed by atoms with Crippen LogP contribution in [0, 0.1) is 11.8 Å². The first-order valence-corrected chi connectivity index (χ1v) is 8.90. The van der Waals surface area contributed by atoms with Crippen LogP contribution in [0.3, 0.4) is 0 Å². The second kappa shape index (κ2) is 7.66. The van der Waals surface area contributed by atoms with Gasteiger partial charge < -0.3 is 10.0 Å². The number of carboxylic acid groups (broad SMARTS) is 1. The Hall–Kier alpha value is -0.780. The Morgan fingerprint density at radius 3 is 2.73 bits per heavy atom. The van der Waals surface area contributed by atoms with Crippen molar-refractivity contribution in [3.63, 3.8) is 0 Å². The smallest absolute Gasteiger partial charge is 0.306 e. The number of hydrogen-bond acceptors (Lipinski definition) is 3. The van der Waals surface area contributed by atoms with E-state index in [0.29, 0.717) is 34.6 Å². The standard InChI is InChI=1S/C15H19Cl2NO3S/c1-9-8-18(6-5-11(9)15(20)21)13(19)4-2-3-10-7-12(16)22-14(10)17/h7,9,11H,2-6,8H2,1H3,(H,20,21). The summed E-state index contributed by atoms with van der Waals surface area (Å²) in [5.74, 6) is -1.01. The predicted molar refractivity (Wildman–Crippen MR) is 88.8 cm³/mol. The van der Waals surface area contributed by atoms with Crippen molar-refractivity contribution in [2.24, 2.45) is 11.8 Å². The maximum absolute atomic E-state index is 12.2. The molecule has 1 fully saturated rings. The van der Waals surface area contributed by atoms with Gasteiger partial charge in [-0.2, -0.15) is 0 Å². The number of nitrogens with zero attached hydrogens (tertiary/aromatic N) is 1. The van der Waals surface area contributed by atoms with Crippen molar-refractivity contribution in [1.82, 2.24) is 4.90 Å². The Bertz CT molecular complexity index is 561. The van der Waals surface area contributed by atoms with Crippen LogP contribution < -0.4 is 0 Å². The van der Waals surface area contributed by atoms with E-state index in [2.05, 4.69) is 0 Å². The van der Waals surface area contributed by atoms with E-state index in [-0.39, 0.29) is 17.7 Å². The van der Waals surface area contributed by atoms with Gasteiger partial charge in [-0.3, -0.25) is 9.59 Å². The number of carboxylic acids is 1. The number of amides is 1. The van der Waals surface area contributed by atoms with Gasteiger partial charge in [-0.25, -0.2) is 0 Å². The van der Waals surface area contributed by atoms with Crippen LogP contribution in [0.4, 0.5) is 0 Å². The first-order chi connectivity index (χ1) is 10.4. The van der Waals surface area contributed by atoms with Crippen molar-refractivity contribution in [2.45, 2.75) is 32.6 Å². The third kappa shape index (κ3) is 4.37. The van der Waals surface area contributed by atoms with E-state index in [1.54, 1.807) is 4.90 Å². The highest BCUT2D eigenvalue weighted by Crippen LogP contribution is 2.32. The van der Waals surface area contributed by atoms with Crippen LogP contribution in [0.25, 0.3) is 0 Å². The predicted octanol–water partition coefficient (Wildman–Crippen LogP) is 3.95. The Kier molecular flexibility index (Phi) is 6.12. The molecule has 0 radical (unpaired) electrons. The number of thiophene rings is 1. The maximum atomic E-state index is 12.2. The quantitative estimate of drug-likeness (QED) is 0.861. The molecule has 1 N–H and O–H groups in total. The molecule has 0 aliphatic carbocycles. The summed E-state index contributed by atoms with van der Waals surface area (Å²) in [7, 11) is 0. The third-order valence-electron chi connectivity index (χ3n) is 4.14. The van der Waals surface area contributed by atoms with Crippen LogP contribution in [0.2, 0.25) is 8.67 Å². The summed E-state index contributed by atoms with van der Waals surface area (Å²) in [5.41, 5.74) is 0.988. The molecule has 1 aromatic heterocycles. The highest BCUT2D eigenvalue weighted by molar-refractivity contribution is 7.20. The fraction of sp³-hybridized carbons (Fsp3) is 0.600. The molecule has 2 unspecified atom stereocenters. The van der Waals surface area contributed by atoms with Crippen molar-refractivity contribution in [3.05, 3.63) is 20.3 Å². The molecule has 2 atom stereocenters. The van der Waals surface area contributed by atoms with Crippen molar-refractivity contribution < 1.29 is 14.7 Å². The SMILES string of the molecule is CC1CN(C(=O)CCCc2cc(Cl)sc2Cl)CCC1C(=O)O. The number of hydrogen-bond donors (Lipinski definition) is 1. The zero-order valence-corrected chi connectivity index (χ0v) is 14.7. The summed E-state index contributed by atoms with van der Waals surface area (Å²) in [4.78, 5) is 25.1. The first-order valence-electron chi connectivity index (χ1n) is 7.32. The number of rotatable bonds is 5. The molecule has 2 heterocycles. The number of likely N-dealkylation sites (tertiary alicyclic amines) is 1. The Balaban J connectivity index is 1.78. The third-order valence-corrected chi connectivity index (χ3v) is 5.71. The Labute approximate surface area is 144 Å². The van der Waals surface area contributed by atoms with Gasteiger partial charge in [0.05, 0.1) is 14.6 Å². The molecule has 0 bridgehead atoms. The van der Waals surface area contributed by atoms with E-state index >= 15 is 0 Å². The number of carbonyl (C=O) groups is 2. The molecule has 22 heavy (non-hydrogen) atoms. The molecule has 0 spiro atoms. The lowest BCUT2D eigenvalue weighted by Gasteiger charge is -2.35. The number of piperidine rings is 1. The minimum atomic E-state index is -0.761. The number of carbonyl (C=O) groups excluding carboxylic acids is 1. The van der Waals surface area contributed by atoms with Crippen molar-refractivity contribution >= 4 is 46.4 Å². The van der Waals surface area contributed by atoms with Gasteiger partial charge in [0.25, 0.3) is 0 Å².